The van der Waals surface area contributed by atoms with Crippen LogP contribution in [0.15, 0.2) is 48.9 Å². The van der Waals surface area contributed by atoms with Gasteiger partial charge in [0.15, 0.2) is 5.60 Å². The molecule has 7 nitrogen and oxygen atoms in total. The minimum absolute atomic E-state index is 0.0405. The van der Waals surface area contributed by atoms with Crippen LogP contribution in [0.2, 0.25) is 0 Å². The van der Waals surface area contributed by atoms with Crippen LogP contribution in [0.4, 0.5) is 5.82 Å². The summed E-state index contributed by atoms with van der Waals surface area (Å²) in [5, 5.41) is 6.73. The molecular formula is C20H18N4O3. The molecule has 1 aromatic carbocycles. The number of nitrogens with one attached hydrogen (secondary N) is 1. The number of anilines is 1. The van der Waals surface area contributed by atoms with Crippen LogP contribution in [-0.4, -0.2) is 40.3 Å². The van der Waals surface area contributed by atoms with Crippen molar-refractivity contribution < 1.29 is 14.3 Å². The second-order valence-electron chi connectivity index (χ2n) is 6.85. The average molecular weight is 362 g/mol. The van der Waals surface area contributed by atoms with E-state index in [1.54, 1.807) is 24.4 Å². The molecule has 2 aliphatic rings. The fraction of sp³-hybridized carbons (Fsp3) is 0.250. The van der Waals surface area contributed by atoms with Crippen LogP contribution < -0.4 is 14.4 Å². The van der Waals surface area contributed by atoms with Crippen molar-refractivity contribution in [1.82, 2.24) is 15.2 Å². The quantitative estimate of drug-likeness (QED) is 0.775. The zero-order valence-electron chi connectivity index (χ0n) is 14.8. The number of H-pyrrole nitrogens is 1. The van der Waals surface area contributed by atoms with Crippen molar-refractivity contribution in [3.8, 4) is 22.6 Å². The predicted molar refractivity (Wildman–Crippen MR) is 98.8 cm³/mol. The summed E-state index contributed by atoms with van der Waals surface area (Å²) in [6.45, 7) is 0.585. The summed E-state index contributed by atoms with van der Waals surface area (Å²) >= 11 is 0. The number of ether oxygens (including phenoxy) is 2. The third kappa shape index (κ3) is 2.46. The lowest BCUT2D eigenvalue weighted by Crippen LogP contribution is -2.44. The highest BCUT2D eigenvalue weighted by Crippen LogP contribution is 2.43. The SMILES string of the molecule is COc1ccc2c(c1)CC1(CCN(c3ccc(-c4cn[nH]c4)cn3)C1=O)O2. The Morgan fingerprint density at radius 2 is 2.15 bits per heavy atom. The Morgan fingerprint density at radius 3 is 2.89 bits per heavy atom. The second-order valence-corrected chi connectivity index (χ2v) is 6.85. The van der Waals surface area contributed by atoms with Gasteiger partial charge in [0.1, 0.15) is 17.3 Å². The molecule has 0 saturated carbocycles. The summed E-state index contributed by atoms with van der Waals surface area (Å²) in [6.07, 6.45) is 6.50. The van der Waals surface area contributed by atoms with Crippen LogP contribution >= 0.6 is 0 Å². The molecule has 7 heteroatoms. The number of nitrogens with zero attached hydrogens (tertiary/aromatic N) is 3. The van der Waals surface area contributed by atoms with E-state index in [1.807, 2.05) is 36.5 Å². The highest BCUT2D eigenvalue weighted by atomic mass is 16.5. The first kappa shape index (κ1) is 15.9. The van der Waals surface area contributed by atoms with Gasteiger partial charge in [0, 0.05) is 48.5 Å². The predicted octanol–water partition coefficient (Wildman–Crippen LogP) is 2.59. The van der Waals surface area contributed by atoms with Gasteiger partial charge in [0.05, 0.1) is 13.3 Å². The monoisotopic (exact) mass is 362 g/mol. The van der Waals surface area contributed by atoms with Gasteiger partial charge < -0.3 is 9.47 Å². The summed E-state index contributed by atoms with van der Waals surface area (Å²) in [7, 11) is 1.63. The van der Waals surface area contributed by atoms with Crippen LogP contribution in [0.25, 0.3) is 11.1 Å². The number of hydrogen-bond donors (Lipinski definition) is 1. The van der Waals surface area contributed by atoms with Gasteiger partial charge in [0.2, 0.25) is 0 Å². The summed E-state index contributed by atoms with van der Waals surface area (Å²) in [5.74, 6) is 2.13. The lowest BCUT2D eigenvalue weighted by Gasteiger charge is -2.22. The van der Waals surface area contributed by atoms with Gasteiger partial charge in [-0.25, -0.2) is 4.98 Å². The molecule has 0 aliphatic carbocycles. The van der Waals surface area contributed by atoms with Crippen molar-refractivity contribution >= 4 is 11.7 Å². The Bertz CT molecular complexity index is 1000. The molecule has 136 valence electrons. The number of fused-ring (bicyclic) bond motifs is 1. The van der Waals surface area contributed by atoms with Crippen LogP contribution in [0.5, 0.6) is 11.5 Å². The minimum atomic E-state index is -0.834. The first-order chi connectivity index (χ1) is 13.2. The zero-order chi connectivity index (χ0) is 18.4. The van der Waals surface area contributed by atoms with Crippen molar-refractivity contribution in [2.45, 2.75) is 18.4 Å². The molecule has 3 aromatic rings. The highest BCUT2D eigenvalue weighted by molar-refractivity contribution is 6.02. The number of amides is 1. The van der Waals surface area contributed by atoms with E-state index >= 15 is 0 Å². The number of pyridine rings is 1. The molecular weight excluding hydrogens is 344 g/mol. The normalized spacial score (nSPS) is 20.8. The number of benzene rings is 1. The molecule has 1 fully saturated rings. The number of hydrogen-bond acceptors (Lipinski definition) is 5. The molecule has 1 amide bonds. The fourth-order valence-electron chi connectivity index (χ4n) is 3.82. The van der Waals surface area contributed by atoms with Gasteiger partial charge in [-0.1, -0.05) is 0 Å². The third-order valence-corrected chi connectivity index (χ3v) is 5.28. The van der Waals surface area contributed by atoms with E-state index in [1.165, 1.54) is 0 Å². The molecule has 27 heavy (non-hydrogen) atoms. The van der Waals surface area contributed by atoms with E-state index in [0.29, 0.717) is 25.2 Å². The van der Waals surface area contributed by atoms with Gasteiger partial charge in [-0.3, -0.25) is 14.8 Å². The molecule has 1 saturated heterocycles. The standard InChI is InChI=1S/C20H18N4O3/c1-26-16-3-4-17-14(8-16)9-20(27-17)6-7-24(19(20)25)18-5-2-13(10-21-18)15-11-22-23-12-15/h2-5,8,10-12H,6-7,9H2,1H3,(H,22,23). The molecule has 0 bridgehead atoms. The van der Waals surface area contributed by atoms with Gasteiger partial charge in [-0.2, -0.15) is 5.10 Å². The summed E-state index contributed by atoms with van der Waals surface area (Å²) in [6, 6.07) is 9.48. The average Bonchev–Trinajstić information content (AvgIpc) is 3.42. The minimum Gasteiger partial charge on any atom is -0.497 e. The Balaban J connectivity index is 1.39. The summed E-state index contributed by atoms with van der Waals surface area (Å²) in [4.78, 5) is 19.4. The molecule has 1 N–H and O–H groups in total. The topological polar surface area (TPSA) is 80.3 Å². The van der Waals surface area contributed by atoms with Gasteiger partial charge in [0.25, 0.3) is 5.91 Å². The molecule has 2 aromatic heterocycles. The number of rotatable bonds is 3. The van der Waals surface area contributed by atoms with E-state index in [-0.39, 0.29) is 5.91 Å². The van der Waals surface area contributed by atoms with Crippen LogP contribution in [0.1, 0.15) is 12.0 Å². The van der Waals surface area contributed by atoms with Gasteiger partial charge in [-0.15, -0.1) is 0 Å². The smallest absolute Gasteiger partial charge is 0.272 e. The van der Waals surface area contributed by atoms with Crippen molar-refractivity contribution in [3.63, 3.8) is 0 Å². The molecule has 5 rings (SSSR count). The van der Waals surface area contributed by atoms with Gasteiger partial charge >= 0.3 is 0 Å². The fourth-order valence-corrected chi connectivity index (χ4v) is 3.82. The highest BCUT2D eigenvalue weighted by Gasteiger charge is 2.53. The number of carbonyl (C=O) groups excluding carboxylic acids is 1. The number of aromatic nitrogens is 3. The largest absolute Gasteiger partial charge is 0.497 e. The van der Waals surface area contributed by atoms with E-state index in [2.05, 4.69) is 15.2 Å². The van der Waals surface area contributed by atoms with E-state index in [9.17, 15) is 4.79 Å². The van der Waals surface area contributed by atoms with Crippen LogP contribution in [-0.2, 0) is 11.2 Å². The lowest BCUT2D eigenvalue weighted by atomic mass is 9.95. The first-order valence-corrected chi connectivity index (χ1v) is 8.82. The van der Waals surface area contributed by atoms with Crippen molar-refractivity contribution in [1.29, 1.82) is 0 Å². The maximum Gasteiger partial charge on any atom is 0.272 e. The molecule has 0 radical (unpaired) electrons. The van der Waals surface area contributed by atoms with Gasteiger partial charge in [-0.05, 0) is 30.3 Å². The molecule has 2 aliphatic heterocycles. The van der Waals surface area contributed by atoms with Crippen LogP contribution in [0.3, 0.4) is 0 Å². The maximum atomic E-state index is 13.2. The number of carbonyl (C=O) groups is 1. The molecule has 1 atom stereocenters. The Labute approximate surface area is 155 Å². The summed E-state index contributed by atoms with van der Waals surface area (Å²) in [5.41, 5.74) is 2.08. The van der Waals surface area contributed by atoms with E-state index in [4.69, 9.17) is 9.47 Å². The molecule has 4 heterocycles. The zero-order valence-corrected chi connectivity index (χ0v) is 14.8. The Kier molecular flexibility index (Phi) is 3.43. The van der Waals surface area contributed by atoms with E-state index in [0.717, 1.165) is 28.2 Å². The van der Waals surface area contributed by atoms with Crippen molar-refractivity contribution in [3.05, 3.63) is 54.5 Å². The Morgan fingerprint density at radius 1 is 1.22 bits per heavy atom. The number of aromatic amines is 1. The molecule has 1 unspecified atom stereocenters. The van der Waals surface area contributed by atoms with Crippen LogP contribution in [0, 0.1) is 0 Å². The van der Waals surface area contributed by atoms with Crippen molar-refractivity contribution in [2.24, 2.45) is 0 Å². The Hall–Kier alpha value is -3.35. The lowest BCUT2D eigenvalue weighted by molar-refractivity contribution is -0.129. The molecule has 1 spiro atoms. The first-order valence-electron chi connectivity index (χ1n) is 8.82. The third-order valence-electron chi connectivity index (χ3n) is 5.28. The van der Waals surface area contributed by atoms with Crippen molar-refractivity contribution in [2.75, 3.05) is 18.6 Å². The van der Waals surface area contributed by atoms with E-state index < -0.39 is 5.60 Å². The second kappa shape index (κ2) is 5.84. The number of methoxy groups -OCH3 is 1. The maximum absolute atomic E-state index is 13.2. The summed E-state index contributed by atoms with van der Waals surface area (Å²) < 4.78 is 11.4.